The van der Waals surface area contributed by atoms with Crippen LogP contribution in [0.2, 0.25) is 0 Å². The fraction of sp³-hybridized carbons (Fsp3) is 0.292. The van der Waals surface area contributed by atoms with E-state index in [4.69, 9.17) is 4.42 Å². The highest BCUT2D eigenvalue weighted by molar-refractivity contribution is 7.09. The summed E-state index contributed by atoms with van der Waals surface area (Å²) in [5.41, 5.74) is 5.36. The van der Waals surface area contributed by atoms with E-state index in [-0.39, 0.29) is 29.7 Å². The first-order valence-corrected chi connectivity index (χ1v) is 11.8. The van der Waals surface area contributed by atoms with Gasteiger partial charge in [-0.1, -0.05) is 18.2 Å². The number of non-ortho nitro benzene ring substituents is 1. The maximum Gasteiger partial charge on any atom is 0.287 e. The van der Waals surface area contributed by atoms with Crippen molar-refractivity contribution < 1.29 is 18.9 Å². The first kappa shape index (κ1) is 23.4. The Morgan fingerprint density at radius 3 is 2.71 bits per heavy atom. The van der Waals surface area contributed by atoms with Gasteiger partial charge in [-0.2, -0.15) is 5.10 Å². The third-order valence-electron chi connectivity index (χ3n) is 5.60. The molecule has 1 aliphatic rings. The minimum absolute atomic E-state index is 0.0269. The fourth-order valence-corrected chi connectivity index (χ4v) is 4.63. The number of nitrogens with zero attached hydrogens (tertiary/aromatic N) is 2. The van der Waals surface area contributed by atoms with Crippen LogP contribution in [0.1, 0.15) is 50.7 Å². The number of fused-ring (bicyclic) bond motifs is 1. The van der Waals surface area contributed by atoms with Crippen molar-refractivity contribution in [1.82, 2.24) is 10.7 Å². The predicted molar refractivity (Wildman–Crippen MR) is 128 cm³/mol. The van der Waals surface area contributed by atoms with Gasteiger partial charge in [-0.3, -0.25) is 19.7 Å². The number of furan rings is 1. The van der Waals surface area contributed by atoms with Crippen molar-refractivity contribution >= 4 is 34.6 Å². The molecule has 176 valence electrons. The molecule has 0 spiro atoms. The number of hydrogen-bond acceptors (Lipinski definition) is 7. The Hall–Kier alpha value is -3.79. The molecule has 10 heteroatoms. The number of carbonyl (C=O) groups is 2. The lowest BCUT2D eigenvalue weighted by molar-refractivity contribution is -0.384. The van der Waals surface area contributed by atoms with Gasteiger partial charge < -0.3 is 9.73 Å². The van der Waals surface area contributed by atoms with Gasteiger partial charge in [-0.05, 0) is 43.2 Å². The number of benzene rings is 1. The molecule has 2 N–H and O–H groups in total. The molecule has 1 aliphatic carbocycles. The van der Waals surface area contributed by atoms with E-state index in [2.05, 4.69) is 15.8 Å². The van der Waals surface area contributed by atoms with E-state index < -0.39 is 4.92 Å². The Labute approximate surface area is 200 Å². The van der Waals surface area contributed by atoms with E-state index in [9.17, 15) is 19.7 Å². The summed E-state index contributed by atoms with van der Waals surface area (Å²) in [7, 11) is 0. The average molecular weight is 481 g/mol. The van der Waals surface area contributed by atoms with E-state index in [0.717, 1.165) is 18.4 Å². The van der Waals surface area contributed by atoms with Crippen molar-refractivity contribution in [2.45, 2.75) is 39.0 Å². The molecule has 34 heavy (non-hydrogen) atoms. The van der Waals surface area contributed by atoms with E-state index in [1.165, 1.54) is 17.0 Å². The maximum absolute atomic E-state index is 12.7. The van der Waals surface area contributed by atoms with Gasteiger partial charge in [0.05, 0.1) is 17.1 Å². The van der Waals surface area contributed by atoms with Crippen molar-refractivity contribution in [3.63, 3.8) is 0 Å². The minimum atomic E-state index is -0.484. The lowest BCUT2D eigenvalue weighted by atomic mass is 9.93. The highest BCUT2D eigenvalue weighted by atomic mass is 32.1. The van der Waals surface area contributed by atoms with E-state index >= 15 is 0 Å². The van der Waals surface area contributed by atoms with Crippen LogP contribution in [0.4, 0.5) is 5.69 Å². The molecule has 2 heterocycles. The number of aryl methyl sites for hydroxylation is 1. The monoisotopic (exact) mass is 480 g/mol. The van der Waals surface area contributed by atoms with Gasteiger partial charge >= 0.3 is 0 Å². The Balaban J connectivity index is 1.40. The number of nitrogens with one attached hydrogen (secondary N) is 2. The van der Waals surface area contributed by atoms with Crippen molar-refractivity contribution in [1.29, 1.82) is 0 Å². The van der Waals surface area contributed by atoms with Gasteiger partial charge in [-0.25, -0.2) is 5.43 Å². The largest absolute Gasteiger partial charge is 0.455 e. The highest BCUT2D eigenvalue weighted by Gasteiger charge is 2.28. The summed E-state index contributed by atoms with van der Waals surface area (Å²) < 4.78 is 5.89. The Bertz CT molecular complexity index is 1230. The molecule has 1 aromatic carbocycles. The minimum Gasteiger partial charge on any atom is -0.455 e. The van der Waals surface area contributed by atoms with Crippen LogP contribution in [0.5, 0.6) is 0 Å². The van der Waals surface area contributed by atoms with Crippen LogP contribution in [-0.2, 0) is 24.1 Å². The van der Waals surface area contributed by atoms with Crippen LogP contribution < -0.4 is 10.7 Å². The Kier molecular flexibility index (Phi) is 7.17. The third kappa shape index (κ3) is 5.40. The molecule has 0 saturated heterocycles. The molecule has 9 nitrogen and oxygen atoms in total. The van der Waals surface area contributed by atoms with Gasteiger partial charge in [0.25, 0.3) is 11.6 Å². The topological polar surface area (TPSA) is 127 Å². The SMILES string of the molecule is Cc1c(C(=O)NCCc2cccs2)oc2c1/C(=N/NC(=O)Cc1ccc([N+](=O)[O-])cc1)CCC2. The molecular weight excluding hydrogens is 456 g/mol. The normalized spacial score (nSPS) is 14.0. The Morgan fingerprint density at radius 1 is 1.21 bits per heavy atom. The van der Waals surface area contributed by atoms with Crippen LogP contribution in [-0.4, -0.2) is 29.0 Å². The smallest absolute Gasteiger partial charge is 0.287 e. The van der Waals surface area contributed by atoms with Crippen LogP contribution in [0.25, 0.3) is 0 Å². The van der Waals surface area contributed by atoms with Crippen LogP contribution >= 0.6 is 11.3 Å². The van der Waals surface area contributed by atoms with Crippen molar-refractivity contribution in [2.24, 2.45) is 5.10 Å². The second kappa shape index (κ2) is 10.4. The number of amides is 2. The molecule has 2 aromatic heterocycles. The second-order valence-electron chi connectivity index (χ2n) is 7.99. The predicted octanol–water partition coefficient (Wildman–Crippen LogP) is 3.93. The molecule has 0 atom stereocenters. The average Bonchev–Trinajstić information content (AvgIpc) is 3.46. The number of carbonyl (C=O) groups excluding carboxylic acids is 2. The summed E-state index contributed by atoms with van der Waals surface area (Å²) in [4.78, 5) is 36.5. The number of rotatable bonds is 8. The summed E-state index contributed by atoms with van der Waals surface area (Å²) in [6, 6.07) is 9.85. The van der Waals surface area contributed by atoms with E-state index in [1.54, 1.807) is 23.5 Å². The van der Waals surface area contributed by atoms with Gasteiger partial charge in [0.1, 0.15) is 5.76 Å². The molecule has 3 aromatic rings. The molecule has 0 aliphatic heterocycles. The molecule has 0 radical (unpaired) electrons. The zero-order valence-corrected chi connectivity index (χ0v) is 19.4. The number of hydrogen-bond donors (Lipinski definition) is 2. The molecular formula is C24H24N4O5S. The van der Waals surface area contributed by atoms with Gasteiger partial charge in [0, 0.05) is 41.1 Å². The standard InChI is InChI=1S/C24H24N4O5S/c1-15-22-19(26-27-21(29)14-16-7-9-17(10-8-16)28(31)32)5-2-6-20(22)33-23(15)24(30)25-12-11-18-4-3-13-34-18/h3-4,7-10,13H,2,5-6,11-12,14H2,1H3,(H,25,30)(H,27,29)/b26-19+. The quantitative estimate of drug-likeness (QED) is 0.373. The van der Waals surface area contributed by atoms with Crippen molar-refractivity contribution in [3.8, 4) is 0 Å². The summed E-state index contributed by atoms with van der Waals surface area (Å²) in [5.74, 6) is 0.393. The van der Waals surface area contributed by atoms with E-state index in [0.29, 0.717) is 42.0 Å². The molecule has 4 rings (SSSR count). The van der Waals surface area contributed by atoms with E-state index in [1.807, 2.05) is 24.4 Å². The summed E-state index contributed by atoms with van der Waals surface area (Å²) in [6.07, 6.45) is 2.97. The van der Waals surface area contributed by atoms with Crippen LogP contribution in [0.15, 0.2) is 51.3 Å². The van der Waals surface area contributed by atoms with Crippen LogP contribution in [0, 0.1) is 17.0 Å². The van der Waals surface area contributed by atoms with Gasteiger partial charge in [-0.15, -0.1) is 11.3 Å². The first-order chi connectivity index (χ1) is 16.4. The number of nitro groups is 1. The zero-order valence-electron chi connectivity index (χ0n) is 18.6. The molecule has 0 unspecified atom stereocenters. The number of hydrazone groups is 1. The Morgan fingerprint density at radius 2 is 2.00 bits per heavy atom. The number of nitro benzene ring substituents is 1. The lowest BCUT2D eigenvalue weighted by Gasteiger charge is -2.13. The second-order valence-corrected chi connectivity index (χ2v) is 9.02. The summed E-state index contributed by atoms with van der Waals surface area (Å²) in [5, 5.41) is 20.0. The van der Waals surface area contributed by atoms with Crippen molar-refractivity contribution in [2.75, 3.05) is 6.54 Å². The number of thiophene rings is 1. The summed E-state index contributed by atoms with van der Waals surface area (Å²) >= 11 is 1.65. The highest BCUT2D eigenvalue weighted by Crippen LogP contribution is 2.30. The van der Waals surface area contributed by atoms with Gasteiger partial charge in [0.15, 0.2) is 5.76 Å². The zero-order chi connectivity index (χ0) is 24.1. The molecule has 2 amide bonds. The third-order valence-corrected chi connectivity index (χ3v) is 6.53. The molecule has 0 saturated carbocycles. The molecule has 0 fully saturated rings. The lowest BCUT2D eigenvalue weighted by Crippen LogP contribution is -2.26. The summed E-state index contributed by atoms with van der Waals surface area (Å²) in [6.45, 7) is 2.35. The molecule has 0 bridgehead atoms. The maximum atomic E-state index is 12.7. The van der Waals surface area contributed by atoms with Gasteiger partial charge in [0.2, 0.25) is 5.91 Å². The van der Waals surface area contributed by atoms with Crippen molar-refractivity contribution in [3.05, 3.63) is 85.0 Å². The van der Waals surface area contributed by atoms with Crippen LogP contribution in [0.3, 0.4) is 0 Å². The first-order valence-electron chi connectivity index (χ1n) is 10.9. The fourth-order valence-electron chi connectivity index (χ4n) is 3.92.